The van der Waals surface area contributed by atoms with E-state index in [2.05, 4.69) is 17.5 Å². The number of unbranched alkanes of at least 4 members (excludes halogenated alkanes) is 3. The van der Waals surface area contributed by atoms with E-state index in [1.807, 2.05) is 6.21 Å². The first-order valence-corrected chi connectivity index (χ1v) is 7.15. The summed E-state index contributed by atoms with van der Waals surface area (Å²) < 4.78 is 0. The van der Waals surface area contributed by atoms with Crippen molar-refractivity contribution < 1.29 is 4.79 Å². The molecule has 1 N–H and O–H groups in total. The van der Waals surface area contributed by atoms with E-state index >= 15 is 0 Å². The summed E-state index contributed by atoms with van der Waals surface area (Å²) in [6.07, 6.45) is 13.5. The molecule has 0 radical (unpaired) electrons. The molecule has 0 aromatic rings. The van der Waals surface area contributed by atoms with E-state index in [0.29, 0.717) is 12.3 Å². The number of nitrogens with one attached hydrogen (secondary N) is 1. The molecule has 17 heavy (non-hydrogen) atoms. The van der Waals surface area contributed by atoms with Crippen molar-refractivity contribution in [3.05, 3.63) is 0 Å². The Morgan fingerprint density at radius 3 is 2.71 bits per heavy atom. The van der Waals surface area contributed by atoms with Gasteiger partial charge in [0.05, 0.1) is 0 Å². The van der Waals surface area contributed by atoms with E-state index in [1.165, 1.54) is 44.9 Å². The molecule has 1 saturated carbocycles. The smallest absolute Gasteiger partial charge is 0.240 e. The van der Waals surface area contributed by atoms with Crippen molar-refractivity contribution in [2.75, 3.05) is 0 Å². The van der Waals surface area contributed by atoms with Crippen molar-refractivity contribution in [3.63, 3.8) is 0 Å². The van der Waals surface area contributed by atoms with Gasteiger partial charge in [0, 0.05) is 12.6 Å². The van der Waals surface area contributed by atoms with Crippen LogP contribution in [-0.2, 0) is 4.79 Å². The number of hydrazone groups is 1. The third kappa shape index (κ3) is 7.14. The van der Waals surface area contributed by atoms with Gasteiger partial charge in [-0.1, -0.05) is 45.4 Å². The minimum Gasteiger partial charge on any atom is -0.273 e. The van der Waals surface area contributed by atoms with Crippen LogP contribution in [0.3, 0.4) is 0 Å². The van der Waals surface area contributed by atoms with Gasteiger partial charge in [-0.3, -0.25) is 4.79 Å². The second-order valence-electron chi connectivity index (χ2n) is 5.02. The first kappa shape index (κ1) is 14.2. The number of nitrogens with zero attached hydrogens (tertiary/aromatic N) is 1. The second kappa shape index (κ2) is 9.20. The maximum absolute atomic E-state index is 11.4. The van der Waals surface area contributed by atoms with Crippen LogP contribution in [0.25, 0.3) is 0 Å². The molecule has 0 bridgehead atoms. The number of hydrogen-bond acceptors (Lipinski definition) is 2. The van der Waals surface area contributed by atoms with Crippen LogP contribution in [0.2, 0.25) is 0 Å². The summed E-state index contributed by atoms with van der Waals surface area (Å²) in [5, 5.41) is 4.07. The highest BCUT2D eigenvalue weighted by molar-refractivity contribution is 5.76. The van der Waals surface area contributed by atoms with Crippen LogP contribution >= 0.6 is 0 Å². The van der Waals surface area contributed by atoms with Crippen LogP contribution in [-0.4, -0.2) is 12.1 Å². The molecule has 1 aliphatic rings. The molecule has 0 unspecified atom stereocenters. The molecule has 0 spiro atoms. The molecule has 98 valence electrons. The fraction of sp³-hybridized carbons (Fsp3) is 0.857. The van der Waals surface area contributed by atoms with Gasteiger partial charge < -0.3 is 0 Å². The van der Waals surface area contributed by atoms with Crippen molar-refractivity contribution in [2.45, 2.75) is 71.1 Å². The molecule has 3 nitrogen and oxygen atoms in total. The first-order chi connectivity index (χ1) is 8.33. The largest absolute Gasteiger partial charge is 0.273 e. The highest BCUT2D eigenvalue weighted by Crippen LogP contribution is 2.21. The van der Waals surface area contributed by atoms with Crippen molar-refractivity contribution in [3.8, 4) is 0 Å². The highest BCUT2D eigenvalue weighted by atomic mass is 16.2. The average Bonchev–Trinajstić information content (AvgIpc) is 2.36. The van der Waals surface area contributed by atoms with Crippen LogP contribution in [0.4, 0.5) is 0 Å². The summed E-state index contributed by atoms with van der Waals surface area (Å²) in [6, 6.07) is 0. The highest BCUT2D eigenvalue weighted by Gasteiger charge is 2.10. The average molecular weight is 238 g/mol. The lowest BCUT2D eigenvalue weighted by Crippen LogP contribution is -2.18. The Morgan fingerprint density at radius 1 is 1.24 bits per heavy atom. The van der Waals surface area contributed by atoms with Gasteiger partial charge in [0.2, 0.25) is 5.91 Å². The summed E-state index contributed by atoms with van der Waals surface area (Å²) in [6.45, 7) is 2.18. The minimum atomic E-state index is 0.0631. The lowest BCUT2D eigenvalue weighted by atomic mass is 9.90. The van der Waals surface area contributed by atoms with Crippen LogP contribution < -0.4 is 5.43 Å². The summed E-state index contributed by atoms with van der Waals surface area (Å²) in [5.74, 6) is 0.650. The molecule has 0 aromatic heterocycles. The normalized spacial score (nSPS) is 17.5. The van der Waals surface area contributed by atoms with Crippen molar-refractivity contribution in [1.29, 1.82) is 0 Å². The van der Waals surface area contributed by atoms with E-state index in [0.717, 1.165) is 12.8 Å². The number of amides is 1. The minimum absolute atomic E-state index is 0.0631. The van der Waals surface area contributed by atoms with Crippen molar-refractivity contribution in [2.24, 2.45) is 11.0 Å². The summed E-state index contributed by atoms with van der Waals surface area (Å²) in [5.41, 5.74) is 2.64. The molecule has 3 heteroatoms. The molecule has 1 fully saturated rings. The van der Waals surface area contributed by atoms with Gasteiger partial charge in [-0.25, -0.2) is 5.43 Å². The Morgan fingerprint density at radius 2 is 2.00 bits per heavy atom. The fourth-order valence-electron chi connectivity index (χ4n) is 2.27. The molecule has 0 atom stereocenters. The fourth-order valence-corrected chi connectivity index (χ4v) is 2.27. The third-order valence-electron chi connectivity index (χ3n) is 3.38. The molecular formula is C14H26N2O. The number of rotatable bonds is 7. The zero-order chi connectivity index (χ0) is 12.3. The van der Waals surface area contributed by atoms with Gasteiger partial charge in [-0.2, -0.15) is 5.10 Å². The summed E-state index contributed by atoms with van der Waals surface area (Å²) in [4.78, 5) is 11.4. The Labute approximate surface area is 105 Å². The van der Waals surface area contributed by atoms with Gasteiger partial charge in [-0.05, 0) is 25.2 Å². The lowest BCUT2D eigenvalue weighted by molar-refractivity contribution is -0.121. The van der Waals surface area contributed by atoms with E-state index in [9.17, 15) is 4.79 Å². The molecular weight excluding hydrogens is 212 g/mol. The SMILES string of the molecule is CCCCCCC(=O)NN=CC1CCCCC1. The lowest BCUT2D eigenvalue weighted by Gasteiger charge is -2.16. The standard InChI is InChI=1S/C14H26N2O/c1-2-3-4-8-11-14(17)16-15-12-13-9-6-5-7-10-13/h12-13H,2-11H2,1H3,(H,16,17). The number of carbonyl (C=O) groups is 1. The molecule has 1 aliphatic carbocycles. The maximum Gasteiger partial charge on any atom is 0.240 e. The Hall–Kier alpha value is -0.860. The Bertz CT molecular complexity index is 232. The van der Waals surface area contributed by atoms with Crippen LogP contribution in [0.5, 0.6) is 0 Å². The molecule has 1 rings (SSSR count). The second-order valence-corrected chi connectivity index (χ2v) is 5.02. The summed E-state index contributed by atoms with van der Waals surface area (Å²) in [7, 11) is 0. The molecule has 0 heterocycles. The predicted molar refractivity (Wildman–Crippen MR) is 72.0 cm³/mol. The Kier molecular flexibility index (Phi) is 7.69. The maximum atomic E-state index is 11.4. The van der Waals surface area contributed by atoms with Crippen molar-refractivity contribution in [1.82, 2.24) is 5.43 Å². The van der Waals surface area contributed by atoms with Gasteiger partial charge >= 0.3 is 0 Å². The first-order valence-electron chi connectivity index (χ1n) is 7.15. The van der Waals surface area contributed by atoms with Gasteiger partial charge in [0.25, 0.3) is 0 Å². The predicted octanol–water partition coefficient (Wildman–Crippen LogP) is 3.64. The summed E-state index contributed by atoms with van der Waals surface area (Å²) >= 11 is 0. The quantitative estimate of drug-likeness (QED) is 0.410. The monoisotopic (exact) mass is 238 g/mol. The molecule has 1 amide bonds. The number of carbonyl (C=O) groups excluding carboxylic acids is 1. The van der Waals surface area contributed by atoms with Crippen LogP contribution in [0.15, 0.2) is 5.10 Å². The molecule has 0 aliphatic heterocycles. The van der Waals surface area contributed by atoms with Gasteiger partial charge in [0.1, 0.15) is 0 Å². The van der Waals surface area contributed by atoms with E-state index in [-0.39, 0.29) is 5.91 Å². The van der Waals surface area contributed by atoms with Crippen LogP contribution in [0, 0.1) is 5.92 Å². The molecule has 0 saturated heterocycles. The molecule has 0 aromatic carbocycles. The topological polar surface area (TPSA) is 41.5 Å². The van der Waals surface area contributed by atoms with Crippen molar-refractivity contribution >= 4 is 12.1 Å². The number of hydrogen-bond donors (Lipinski definition) is 1. The van der Waals surface area contributed by atoms with E-state index in [1.54, 1.807) is 0 Å². The van der Waals surface area contributed by atoms with Gasteiger partial charge in [-0.15, -0.1) is 0 Å². The zero-order valence-corrected chi connectivity index (χ0v) is 11.1. The zero-order valence-electron chi connectivity index (χ0n) is 11.1. The van der Waals surface area contributed by atoms with E-state index in [4.69, 9.17) is 0 Å². The van der Waals surface area contributed by atoms with Gasteiger partial charge in [0.15, 0.2) is 0 Å². The Balaban J connectivity index is 2.03. The third-order valence-corrected chi connectivity index (χ3v) is 3.38. The van der Waals surface area contributed by atoms with Crippen LogP contribution in [0.1, 0.15) is 71.1 Å². The van der Waals surface area contributed by atoms with E-state index < -0.39 is 0 Å².